The average molecular weight is 270 g/mol. The van der Waals surface area contributed by atoms with Crippen molar-refractivity contribution in [1.82, 2.24) is 0 Å². The van der Waals surface area contributed by atoms with Crippen LogP contribution in [0.1, 0.15) is 47.2 Å². The average Bonchev–Trinajstić information content (AvgIpc) is 2.75. The molecule has 0 aromatic carbocycles. The highest BCUT2D eigenvalue weighted by Gasteiger charge is 2.27. The lowest BCUT2D eigenvalue weighted by Crippen LogP contribution is -2.34. The van der Waals surface area contributed by atoms with Gasteiger partial charge in [0.25, 0.3) is 0 Å². The molecule has 5 heteroatoms. The van der Waals surface area contributed by atoms with E-state index < -0.39 is 12.1 Å². The molecule has 18 heavy (non-hydrogen) atoms. The van der Waals surface area contributed by atoms with Crippen molar-refractivity contribution in [3.63, 3.8) is 0 Å². The van der Waals surface area contributed by atoms with E-state index in [1.165, 1.54) is 11.3 Å². The molecule has 4 nitrogen and oxygen atoms in total. The van der Waals surface area contributed by atoms with Crippen LogP contribution in [0, 0.1) is 0 Å². The fraction of sp³-hybridized carbons (Fsp3) is 0.615. The Bertz CT molecular complexity index is 427. The summed E-state index contributed by atoms with van der Waals surface area (Å²) in [6, 6.07) is 1.79. The number of aliphatic hydroxyl groups excluding tert-OH is 1. The van der Waals surface area contributed by atoms with Crippen molar-refractivity contribution in [2.45, 2.75) is 51.2 Å². The van der Waals surface area contributed by atoms with Gasteiger partial charge < -0.3 is 14.9 Å². The lowest BCUT2D eigenvalue weighted by molar-refractivity contribution is 0.00635. The summed E-state index contributed by atoms with van der Waals surface area (Å²) in [4.78, 5) is 12.4. The predicted octanol–water partition coefficient (Wildman–Crippen LogP) is 2.69. The van der Waals surface area contributed by atoms with Crippen LogP contribution in [0.15, 0.2) is 6.07 Å². The Morgan fingerprint density at radius 2 is 2.22 bits per heavy atom. The molecular weight excluding hydrogens is 252 g/mol. The van der Waals surface area contributed by atoms with E-state index in [0.29, 0.717) is 5.75 Å². The van der Waals surface area contributed by atoms with E-state index in [1.54, 1.807) is 6.07 Å². The first-order valence-corrected chi connectivity index (χ1v) is 7.14. The Labute approximate surface area is 110 Å². The van der Waals surface area contributed by atoms with E-state index in [2.05, 4.69) is 0 Å². The topological polar surface area (TPSA) is 66.8 Å². The second kappa shape index (κ2) is 5.71. The molecule has 2 N–H and O–H groups in total. The van der Waals surface area contributed by atoms with E-state index in [1.807, 2.05) is 6.92 Å². The number of carbonyl (C=O) groups is 1. The highest BCUT2D eigenvalue weighted by molar-refractivity contribution is 7.14. The molecule has 2 rings (SSSR count). The quantitative estimate of drug-likeness (QED) is 0.882. The Hall–Kier alpha value is -1.07. The van der Waals surface area contributed by atoms with Crippen molar-refractivity contribution < 1.29 is 19.7 Å². The minimum Gasteiger partial charge on any atom is -0.486 e. The van der Waals surface area contributed by atoms with Crippen molar-refractivity contribution >= 4 is 17.3 Å². The van der Waals surface area contributed by atoms with Crippen LogP contribution in [0.4, 0.5) is 0 Å². The van der Waals surface area contributed by atoms with Crippen molar-refractivity contribution in [3.8, 4) is 5.75 Å². The van der Waals surface area contributed by atoms with Crippen molar-refractivity contribution in [3.05, 3.63) is 15.8 Å². The molecule has 1 aliphatic rings. The summed E-state index contributed by atoms with van der Waals surface area (Å²) in [5.41, 5.74) is 0. The van der Waals surface area contributed by atoms with E-state index in [-0.39, 0.29) is 11.0 Å². The molecule has 2 atom stereocenters. The first-order chi connectivity index (χ1) is 8.61. The maximum Gasteiger partial charge on any atom is 0.349 e. The number of carboxylic acids is 1. The van der Waals surface area contributed by atoms with Crippen LogP contribution in [0.3, 0.4) is 0 Å². The normalized spacial score (nSPS) is 23.9. The Kier molecular flexibility index (Phi) is 4.24. The number of aromatic carboxylic acids is 1. The van der Waals surface area contributed by atoms with Gasteiger partial charge in [-0.25, -0.2) is 4.79 Å². The Balaban J connectivity index is 2.16. The van der Waals surface area contributed by atoms with Gasteiger partial charge >= 0.3 is 5.97 Å². The molecule has 2 unspecified atom stereocenters. The zero-order valence-electron chi connectivity index (χ0n) is 10.4. The van der Waals surface area contributed by atoms with E-state index in [9.17, 15) is 9.90 Å². The minimum absolute atomic E-state index is 0.240. The van der Waals surface area contributed by atoms with Crippen molar-refractivity contribution in [1.29, 1.82) is 0 Å². The molecular formula is C13H18O4S. The fourth-order valence-electron chi connectivity index (χ4n) is 2.21. The Morgan fingerprint density at radius 3 is 2.83 bits per heavy atom. The summed E-state index contributed by atoms with van der Waals surface area (Å²) in [5, 5.41) is 19.0. The van der Waals surface area contributed by atoms with Crippen LogP contribution >= 0.6 is 11.3 Å². The van der Waals surface area contributed by atoms with Gasteiger partial charge in [0.15, 0.2) is 4.88 Å². The number of aliphatic hydroxyl groups is 1. The summed E-state index contributed by atoms with van der Waals surface area (Å²) in [6.07, 6.45) is 3.60. The molecule has 1 aliphatic carbocycles. The van der Waals surface area contributed by atoms with Crippen molar-refractivity contribution in [2.24, 2.45) is 0 Å². The van der Waals surface area contributed by atoms with Gasteiger partial charge in [0, 0.05) is 4.88 Å². The first kappa shape index (κ1) is 13.4. The number of rotatable bonds is 4. The molecule has 0 radical (unpaired) electrons. The SMILES string of the molecule is CCc1cc(OC2CCCCC2O)c(C(=O)O)s1. The van der Waals surface area contributed by atoms with E-state index in [0.717, 1.165) is 37.0 Å². The van der Waals surface area contributed by atoms with Crippen LogP contribution in [0.25, 0.3) is 0 Å². The van der Waals surface area contributed by atoms with Crippen LogP contribution < -0.4 is 4.74 Å². The van der Waals surface area contributed by atoms with Crippen LogP contribution in [0.2, 0.25) is 0 Å². The number of aryl methyl sites for hydroxylation is 1. The maximum absolute atomic E-state index is 11.1. The molecule has 1 heterocycles. The van der Waals surface area contributed by atoms with Crippen molar-refractivity contribution in [2.75, 3.05) is 0 Å². The molecule has 1 aromatic rings. The van der Waals surface area contributed by atoms with Gasteiger partial charge in [-0.05, 0) is 31.7 Å². The third-order valence-electron chi connectivity index (χ3n) is 3.24. The van der Waals surface area contributed by atoms with E-state index >= 15 is 0 Å². The highest BCUT2D eigenvalue weighted by atomic mass is 32.1. The summed E-state index contributed by atoms with van der Waals surface area (Å²) in [7, 11) is 0. The number of hydrogen-bond donors (Lipinski definition) is 2. The molecule has 1 saturated carbocycles. The number of carboxylic acid groups (broad SMARTS) is 1. The van der Waals surface area contributed by atoms with Gasteiger partial charge in [0.05, 0.1) is 6.10 Å². The second-order valence-corrected chi connectivity index (χ2v) is 5.71. The molecule has 1 fully saturated rings. The number of hydrogen-bond acceptors (Lipinski definition) is 4. The summed E-state index contributed by atoms with van der Waals surface area (Å²) < 4.78 is 5.72. The highest BCUT2D eigenvalue weighted by Crippen LogP contribution is 2.33. The zero-order chi connectivity index (χ0) is 13.1. The predicted molar refractivity (Wildman–Crippen MR) is 69.5 cm³/mol. The third kappa shape index (κ3) is 2.84. The molecule has 0 spiro atoms. The van der Waals surface area contributed by atoms with Gasteiger partial charge in [-0.1, -0.05) is 13.3 Å². The van der Waals surface area contributed by atoms with Crippen LogP contribution in [-0.2, 0) is 6.42 Å². The maximum atomic E-state index is 11.1. The molecule has 0 saturated heterocycles. The van der Waals surface area contributed by atoms with Crippen LogP contribution in [-0.4, -0.2) is 28.4 Å². The lowest BCUT2D eigenvalue weighted by atomic mass is 9.95. The third-order valence-corrected chi connectivity index (χ3v) is 4.49. The lowest BCUT2D eigenvalue weighted by Gasteiger charge is -2.28. The van der Waals surface area contributed by atoms with Gasteiger partial charge in [-0.2, -0.15) is 0 Å². The van der Waals surface area contributed by atoms with E-state index in [4.69, 9.17) is 9.84 Å². The fourth-order valence-corrected chi connectivity index (χ4v) is 3.08. The number of ether oxygens (including phenoxy) is 1. The van der Waals surface area contributed by atoms with Gasteiger partial charge in [0.1, 0.15) is 11.9 Å². The molecule has 0 amide bonds. The number of thiophene rings is 1. The molecule has 0 bridgehead atoms. The van der Waals surface area contributed by atoms with Gasteiger partial charge in [-0.15, -0.1) is 11.3 Å². The van der Waals surface area contributed by atoms with Crippen LogP contribution in [0.5, 0.6) is 5.75 Å². The smallest absolute Gasteiger partial charge is 0.349 e. The summed E-state index contributed by atoms with van der Waals surface area (Å²) >= 11 is 1.25. The minimum atomic E-state index is -0.958. The largest absolute Gasteiger partial charge is 0.486 e. The van der Waals surface area contributed by atoms with Gasteiger partial charge in [-0.3, -0.25) is 0 Å². The standard InChI is InChI=1S/C13H18O4S/c1-2-8-7-11(12(18-8)13(15)16)17-10-6-4-3-5-9(10)14/h7,9-10,14H,2-6H2,1H3,(H,15,16). The monoisotopic (exact) mass is 270 g/mol. The second-order valence-electron chi connectivity index (χ2n) is 4.57. The molecule has 0 aliphatic heterocycles. The molecule has 1 aromatic heterocycles. The molecule has 100 valence electrons. The Morgan fingerprint density at radius 1 is 1.50 bits per heavy atom. The summed E-state index contributed by atoms with van der Waals surface area (Å²) in [6.45, 7) is 1.98. The summed E-state index contributed by atoms with van der Waals surface area (Å²) in [5.74, 6) is -0.546. The zero-order valence-corrected chi connectivity index (χ0v) is 11.2. The van der Waals surface area contributed by atoms with Gasteiger partial charge in [0.2, 0.25) is 0 Å². The first-order valence-electron chi connectivity index (χ1n) is 6.32.